The summed E-state index contributed by atoms with van der Waals surface area (Å²) in [6, 6.07) is 44.7. The van der Waals surface area contributed by atoms with E-state index in [-0.39, 0.29) is 11.6 Å². The lowest BCUT2D eigenvalue weighted by Gasteiger charge is -2.24. The quantitative estimate of drug-likeness (QED) is 0.103. The van der Waals surface area contributed by atoms with Crippen molar-refractivity contribution in [1.29, 1.82) is 0 Å². The van der Waals surface area contributed by atoms with Gasteiger partial charge in [-0.2, -0.15) is 0 Å². The number of methoxy groups -OCH3 is 1. The third-order valence-electron chi connectivity index (χ3n) is 8.66. The zero-order chi connectivity index (χ0) is 35.9. The maximum absolute atomic E-state index is 14.0. The Labute approximate surface area is 306 Å². The molecule has 3 amide bonds. The Kier molecular flexibility index (Phi) is 10.3. The molecule has 0 spiro atoms. The second-order valence-corrected chi connectivity index (χ2v) is 13.2. The Hall–Kier alpha value is -6.32. The second kappa shape index (κ2) is 15.7. The first-order chi connectivity index (χ1) is 25.5. The lowest BCUT2D eigenvalue weighted by Crippen LogP contribution is -2.32. The minimum absolute atomic E-state index is 0.00568. The average molecular weight is 706 g/mol. The molecular formula is C43H35N3O5S. The van der Waals surface area contributed by atoms with Crippen LogP contribution in [0.1, 0.15) is 32.5 Å². The summed E-state index contributed by atoms with van der Waals surface area (Å²) in [7, 11) is 1.59. The average Bonchev–Trinajstić information content (AvgIpc) is 3.85. The van der Waals surface area contributed by atoms with E-state index in [1.54, 1.807) is 55.6 Å². The molecule has 1 atom stereocenters. The molecule has 52 heavy (non-hydrogen) atoms. The fourth-order valence-corrected chi connectivity index (χ4v) is 7.14. The predicted molar refractivity (Wildman–Crippen MR) is 205 cm³/mol. The topological polar surface area (TPSA) is 101 Å². The van der Waals surface area contributed by atoms with Crippen LogP contribution in [0.4, 0.5) is 11.4 Å². The van der Waals surface area contributed by atoms with Crippen LogP contribution in [0.3, 0.4) is 0 Å². The van der Waals surface area contributed by atoms with Crippen LogP contribution in [0.15, 0.2) is 161 Å². The van der Waals surface area contributed by atoms with Crippen LogP contribution in [-0.4, -0.2) is 31.4 Å². The molecule has 9 heteroatoms. The van der Waals surface area contributed by atoms with Gasteiger partial charge in [-0.25, -0.2) is 0 Å². The van der Waals surface area contributed by atoms with Gasteiger partial charge in [0.1, 0.15) is 28.2 Å². The molecule has 2 heterocycles. The maximum atomic E-state index is 14.0. The van der Waals surface area contributed by atoms with E-state index in [9.17, 15) is 14.4 Å². The Balaban J connectivity index is 1.11. The standard InChI is InChI=1S/C43H35N3O5S/c1-50-38-19-11-9-17-35(38)39-25-22-33(51-39)28-36(45-41(47)31-15-6-3-7-16-31)42(48)44-32-20-23-34(24-21-32)52-40(30-13-4-2-5-14-30)43(49)46-27-26-29-12-8-10-18-37(29)46/h2-25,28,40H,26-27H2,1H3,(H,44,48)(H,45,47)/b36-28+/t40-/m0/s1. The van der Waals surface area contributed by atoms with E-state index in [4.69, 9.17) is 9.15 Å². The third kappa shape index (κ3) is 7.70. The van der Waals surface area contributed by atoms with Crippen molar-refractivity contribution in [2.24, 2.45) is 0 Å². The number of rotatable bonds is 11. The van der Waals surface area contributed by atoms with Crippen molar-refractivity contribution in [3.8, 4) is 17.1 Å². The van der Waals surface area contributed by atoms with Crippen molar-refractivity contribution in [3.63, 3.8) is 0 Å². The van der Waals surface area contributed by atoms with E-state index < -0.39 is 17.1 Å². The molecular weight excluding hydrogens is 671 g/mol. The number of benzene rings is 5. The molecule has 0 bridgehead atoms. The first-order valence-electron chi connectivity index (χ1n) is 16.8. The summed E-state index contributed by atoms with van der Waals surface area (Å²) in [5.41, 5.74) is 4.70. The number of fused-ring (bicyclic) bond motifs is 1. The number of amides is 3. The molecule has 1 aliphatic rings. The van der Waals surface area contributed by atoms with Crippen molar-refractivity contribution in [2.75, 3.05) is 23.9 Å². The predicted octanol–water partition coefficient (Wildman–Crippen LogP) is 8.79. The van der Waals surface area contributed by atoms with Crippen LogP contribution in [0, 0.1) is 0 Å². The highest BCUT2D eigenvalue weighted by Crippen LogP contribution is 2.40. The summed E-state index contributed by atoms with van der Waals surface area (Å²) >= 11 is 1.46. The molecule has 5 aromatic carbocycles. The molecule has 0 radical (unpaired) electrons. The van der Waals surface area contributed by atoms with E-state index in [1.165, 1.54) is 23.4 Å². The van der Waals surface area contributed by atoms with Crippen LogP contribution in [0.25, 0.3) is 17.4 Å². The van der Waals surface area contributed by atoms with Crippen molar-refractivity contribution in [2.45, 2.75) is 16.6 Å². The van der Waals surface area contributed by atoms with Gasteiger partial charge in [0, 0.05) is 34.5 Å². The van der Waals surface area contributed by atoms with E-state index >= 15 is 0 Å². The summed E-state index contributed by atoms with van der Waals surface area (Å²) in [5, 5.41) is 5.19. The highest BCUT2D eigenvalue weighted by atomic mass is 32.2. The number of carbonyl (C=O) groups is 3. The monoisotopic (exact) mass is 705 g/mol. The Morgan fingerprint density at radius 3 is 2.25 bits per heavy atom. The van der Waals surface area contributed by atoms with Gasteiger partial charge in [0.05, 0.1) is 12.7 Å². The highest BCUT2D eigenvalue weighted by Gasteiger charge is 2.32. The van der Waals surface area contributed by atoms with Gasteiger partial charge in [-0.1, -0.05) is 78.9 Å². The van der Waals surface area contributed by atoms with Gasteiger partial charge in [-0.3, -0.25) is 14.4 Å². The number of furan rings is 1. The van der Waals surface area contributed by atoms with Crippen LogP contribution in [0.5, 0.6) is 5.75 Å². The molecule has 2 N–H and O–H groups in total. The Morgan fingerprint density at radius 1 is 0.788 bits per heavy atom. The summed E-state index contributed by atoms with van der Waals surface area (Å²) < 4.78 is 11.6. The number of nitrogens with one attached hydrogen (secondary N) is 2. The number of hydrogen-bond acceptors (Lipinski definition) is 6. The molecule has 0 saturated heterocycles. The highest BCUT2D eigenvalue weighted by molar-refractivity contribution is 8.00. The normalized spacial score (nSPS) is 12.9. The number of anilines is 2. The van der Waals surface area contributed by atoms with Gasteiger partial charge in [0.15, 0.2) is 0 Å². The summed E-state index contributed by atoms with van der Waals surface area (Å²) in [5.74, 6) is 0.600. The van der Waals surface area contributed by atoms with E-state index in [0.29, 0.717) is 35.1 Å². The van der Waals surface area contributed by atoms with Crippen LogP contribution in [-0.2, 0) is 16.0 Å². The first-order valence-corrected chi connectivity index (χ1v) is 17.7. The summed E-state index contributed by atoms with van der Waals surface area (Å²) in [6.45, 7) is 0.642. The number of ether oxygens (including phenoxy) is 1. The second-order valence-electron chi connectivity index (χ2n) is 12.0. The number of carbonyl (C=O) groups excluding carboxylic acids is 3. The fraction of sp³-hybridized carbons (Fsp3) is 0.0930. The van der Waals surface area contributed by atoms with Gasteiger partial charge in [-0.05, 0) is 84.3 Å². The van der Waals surface area contributed by atoms with Gasteiger partial charge in [0.25, 0.3) is 11.8 Å². The minimum atomic E-state index is -0.537. The largest absolute Gasteiger partial charge is 0.496 e. The van der Waals surface area contributed by atoms with Crippen LogP contribution in [0.2, 0.25) is 0 Å². The SMILES string of the molecule is COc1ccccc1-c1ccc(/C=C(/NC(=O)c2ccccc2)C(=O)Nc2ccc(S[C@H](C(=O)N3CCc4ccccc43)c3ccccc3)cc2)o1. The lowest BCUT2D eigenvalue weighted by molar-refractivity contribution is -0.118. The molecule has 1 aromatic heterocycles. The van der Waals surface area contributed by atoms with E-state index in [2.05, 4.69) is 16.7 Å². The number of thioether (sulfide) groups is 1. The van der Waals surface area contributed by atoms with Gasteiger partial charge in [0.2, 0.25) is 5.91 Å². The van der Waals surface area contributed by atoms with Gasteiger partial charge in [-0.15, -0.1) is 11.8 Å². The fourth-order valence-electron chi connectivity index (χ4n) is 6.06. The zero-order valence-electron chi connectivity index (χ0n) is 28.3. The lowest BCUT2D eigenvalue weighted by atomic mass is 10.1. The minimum Gasteiger partial charge on any atom is -0.496 e. The molecule has 8 nitrogen and oxygen atoms in total. The third-order valence-corrected chi connectivity index (χ3v) is 9.91. The van der Waals surface area contributed by atoms with Gasteiger partial charge < -0.3 is 24.7 Å². The Bertz CT molecular complexity index is 2230. The van der Waals surface area contributed by atoms with Crippen molar-refractivity contribution in [3.05, 3.63) is 174 Å². The van der Waals surface area contributed by atoms with Crippen LogP contribution >= 0.6 is 11.8 Å². The maximum Gasteiger partial charge on any atom is 0.272 e. The molecule has 0 fully saturated rings. The van der Waals surface area contributed by atoms with Crippen molar-refractivity contribution >= 4 is 46.9 Å². The molecule has 1 aliphatic heterocycles. The molecule has 258 valence electrons. The molecule has 7 rings (SSSR count). The number of nitrogens with zero attached hydrogens (tertiary/aromatic N) is 1. The van der Waals surface area contributed by atoms with E-state index in [1.807, 2.05) is 95.9 Å². The molecule has 0 aliphatic carbocycles. The summed E-state index contributed by atoms with van der Waals surface area (Å²) in [6.07, 6.45) is 2.32. The van der Waals surface area contributed by atoms with Gasteiger partial charge >= 0.3 is 0 Å². The van der Waals surface area contributed by atoms with E-state index in [0.717, 1.165) is 28.1 Å². The van der Waals surface area contributed by atoms with Crippen LogP contribution < -0.4 is 20.3 Å². The molecule has 0 saturated carbocycles. The van der Waals surface area contributed by atoms with Crippen molar-refractivity contribution < 1.29 is 23.5 Å². The Morgan fingerprint density at radius 2 is 1.48 bits per heavy atom. The molecule has 0 unspecified atom stereocenters. The zero-order valence-corrected chi connectivity index (χ0v) is 29.1. The number of hydrogen-bond donors (Lipinski definition) is 2. The first kappa shape index (κ1) is 34.1. The smallest absolute Gasteiger partial charge is 0.272 e. The summed E-state index contributed by atoms with van der Waals surface area (Å²) in [4.78, 5) is 43.7. The molecule has 6 aromatic rings. The van der Waals surface area contributed by atoms with Crippen molar-refractivity contribution in [1.82, 2.24) is 5.32 Å². The number of para-hydroxylation sites is 2.